The van der Waals surface area contributed by atoms with E-state index in [0.29, 0.717) is 6.54 Å². The van der Waals surface area contributed by atoms with E-state index in [9.17, 15) is 9.59 Å². The molecule has 2 heterocycles. The maximum atomic E-state index is 12.5. The fraction of sp³-hybridized carbons (Fsp3) is 0.375. The van der Waals surface area contributed by atoms with Crippen molar-refractivity contribution in [2.75, 3.05) is 20.1 Å². The van der Waals surface area contributed by atoms with Crippen molar-refractivity contribution in [3.63, 3.8) is 0 Å². The first kappa shape index (κ1) is 12.9. The van der Waals surface area contributed by atoms with Gasteiger partial charge >= 0.3 is 0 Å². The highest BCUT2D eigenvalue weighted by Crippen LogP contribution is 2.45. The molecule has 0 N–H and O–H groups in total. The average molecular weight is 268 g/mol. The third-order valence-corrected chi connectivity index (χ3v) is 4.26. The molecule has 2 saturated heterocycles. The van der Waals surface area contributed by atoms with E-state index < -0.39 is 0 Å². The molecule has 4 nitrogen and oxygen atoms in total. The van der Waals surface area contributed by atoms with Gasteiger partial charge in [-0.15, -0.1) is 6.42 Å². The Morgan fingerprint density at radius 1 is 1.25 bits per heavy atom. The van der Waals surface area contributed by atoms with Crippen LogP contribution in [0.25, 0.3) is 0 Å². The minimum absolute atomic E-state index is 0.0413. The molecule has 2 amide bonds. The molecule has 0 saturated carbocycles. The number of hydrogen-bond donors (Lipinski definition) is 0. The summed E-state index contributed by atoms with van der Waals surface area (Å²) in [6, 6.07) is 9.83. The van der Waals surface area contributed by atoms with Gasteiger partial charge in [0.2, 0.25) is 11.8 Å². The lowest BCUT2D eigenvalue weighted by molar-refractivity contribution is -0.140. The second-order valence-electron chi connectivity index (χ2n) is 5.39. The monoisotopic (exact) mass is 268 g/mol. The highest BCUT2D eigenvalue weighted by atomic mass is 16.2. The Bertz CT molecular complexity index is 590. The zero-order chi connectivity index (χ0) is 14.3. The number of terminal acetylenes is 1. The molecule has 2 aliphatic rings. The largest absolute Gasteiger partial charge is 0.298 e. The Hall–Kier alpha value is -2.12. The molecule has 1 aromatic rings. The molecule has 0 unspecified atom stereocenters. The number of likely N-dealkylation sites (tertiary alicyclic amines) is 2. The van der Waals surface area contributed by atoms with E-state index in [1.807, 2.05) is 37.4 Å². The predicted molar refractivity (Wildman–Crippen MR) is 74.3 cm³/mol. The molecule has 20 heavy (non-hydrogen) atoms. The average Bonchev–Trinajstić information content (AvgIpc) is 2.91. The van der Waals surface area contributed by atoms with E-state index in [1.54, 1.807) is 0 Å². The quantitative estimate of drug-likeness (QED) is 0.591. The first-order valence-corrected chi connectivity index (χ1v) is 6.69. The number of amides is 2. The van der Waals surface area contributed by atoms with Crippen LogP contribution < -0.4 is 0 Å². The number of rotatable bonds is 2. The molecule has 2 aliphatic heterocycles. The summed E-state index contributed by atoms with van der Waals surface area (Å²) in [5.74, 6) is 1.58. The summed E-state index contributed by atoms with van der Waals surface area (Å²) in [6.07, 6.45) is 5.25. The van der Waals surface area contributed by atoms with Gasteiger partial charge in [-0.3, -0.25) is 19.4 Å². The van der Waals surface area contributed by atoms with Crippen LogP contribution in [0.4, 0.5) is 0 Å². The van der Waals surface area contributed by atoms with Crippen LogP contribution in [0.2, 0.25) is 0 Å². The minimum Gasteiger partial charge on any atom is -0.298 e. The molecule has 0 bridgehead atoms. The predicted octanol–water partition coefficient (Wildman–Crippen LogP) is 0.907. The lowest BCUT2D eigenvalue weighted by Gasteiger charge is -2.25. The first-order chi connectivity index (χ1) is 9.65. The Kier molecular flexibility index (Phi) is 3.07. The highest BCUT2D eigenvalue weighted by Gasteiger charge is 2.56. The summed E-state index contributed by atoms with van der Waals surface area (Å²) in [7, 11) is 1.96. The molecule has 1 aromatic carbocycles. The van der Waals surface area contributed by atoms with Crippen LogP contribution in [0.3, 0.4) is 0 Å². The molecule has 3 atom stereocenters. The van der Waals surface area contributed by atoms with Gasteiger partial charge in [-0.1, -0.05) is 36.3 Å². The first-order valence-electron chi connectivity index (χ1n) is 6.69. The van der Waals surface area contributed by atoms with Gasteiger partial charge < -0.3 is 0 Å². The normalized spacial score (nSPS) is 29.6. The van der Waals surface area contributed by atoms with Gasteiger partial charge in [-0.05, 0) is 12.6 Å². The van der Waals surface area contributed by atoms with Gasteiger partial charge in [0.1, 0.15) is 0 Å². The molecule has 0 aliphatic carbocycles. The van der Waals surface area contributed by atoms with Crippen molar-refractivity contribution in [3.8, 4) is 12.3 Å². The van der Waals surface area contributed by atoms with Gasteiger partial charge in [-0.25, -0.2) is 0 Å². The summed E-state index contributed by atoms with van der Waals surface area (Å²) >= 11 is 0. The number of benzene rings is 1. The van der Waals surface area contributed by atoms with E-state index in [2.05, 4.69) is 10.8 Å². The summed E-state index contributed by atoms with van der Waals surface area (Å²) in [4.78, 5) is 28.1. The SMILES string of the molecule is C#CCN1C(=O)[C@H]2[C@H](CN(C)[C@@H]2c2ccccc2)C1=O. The van der Waals surface area contributed by atoms with Crippen molar-refractivity contribution in [1.82, 2.24) is 9.80 Å². The maximum absolute atomic E-state index is 12.5. The van der Waals surface area contributed by atoms with Crippen molar-refractivity contribution >= 4 is 11.8 Å². The molecule has 2 fully saturated rings. The molecule has 0 spiro atoms. The standard InChI is InChI=1S/C16H16N2O2/c1-3-9-18-15(19)12-10-17(2)14(13(12)16(18)20)11-7-5-4-6-8-11/h1,4-8,12-14H,9-10H2,2H3/t12-,13-,14+/m0/s1. The van der Waals surface area contributed by atoms with Crippen molar-refractivity contribution in [2.24, 2.45) is 11.8 Å². The fourth-order valence-corrected chi connectivity index (χ4v) is 3.42. The van der Waals surface area contributed by atoms with E-state index in [4.69, 9.17) is 6.42 Å². The van der Waals surface area contributed by atoms with Crippen LogP contribution in [-0.4, -0.2) is 41.8 Å². The number of carbonyl (C=O) groups excluding carboxylic acids is 2. The summed E-state index contributed by atoms with van der Waals surface area (Å²) in [5, 5.41) is 0. The highest BCUT2D eigenvalue weighted by molar-refractivity contribution is 6.06. The van der Waals surface area contributed by atoms with Crippen molar-refractivity contribution < 1.29 is 9.59 Å². The zero-order valence-corrected chi connectivity index (χ0v) is 11.3. The van der Waals surface area contributed by atoms with E-state index in [-0.39, 0.29) is 36.2 Å². The Balaban J connectivity index is 1.97. The molecule has 4 heteroatoms. The number of nitrogens with zero attached hydrogens (tertiary/aromatic N) is 2. The second kappa shape index (κ2) is 4.77. The number of imide groups is 1. The molecule has 3 rings (SSSR count). The summed E-state index contributed by atoms with van der Waals surface area (Å²) in [6.45, 7) is 0.686. The minimum atomic E-state index is -0.303. The van der Waals surface area contributed by atoms with Crippen LogP contribution in [0.15, 0.2) is 30.3 Å². The third kappa shape index (κ3) is 1.75. The van der Waals surface area contributed by atoms with Crippen molar-refractivity contribution in [3.05, 3.63) is 35.9 Å². The molecular weight excluding hydrogens is 252 g/mol. The number of hydrogen-bond acceptors (Lipinski definition) is 3. The zero-order valence-electron chi connectivity index (χ0n) is 11.3. The number of carbonyl (C=O) groups is 2. The third-order valence-electron chi connectivity index (χ3n) is 4.26. The van der Waals surface area contributed by atoms with Gasteiger partial charge in [0.05, 0.1) is 18.4 Å². The topological polar surface area (TPSA) is 40.6 Å². The Labute approximate surface area is 118 Å². The summed E-state index contributed by atoms with van der Waals surface area (Å²) < 4.78 is 0. The fourth-order valence-electron chi connectivity index (χ4n) is 3.42. The van der Waals surface area contributed by atoms with Gasteiger partial charge in [-0.2, -0.15) is 0 Å². The van der Waals surface area contributed by atoms with Gasteiger partial charge in [0, 0.05) is 12.6 Å². The lowest BCUT2D eigenvalue weighted by atomic mass is 9.89. The molecular formula is C16H16N2O2. The van der Waals surface area contributed by atoms with Crippen LogP contribution in [-0.2, 0) is 9.59 Å². The molecule has 0 aromatic heterocycles. The van der Waals surface area contributed by atoms with Crippen LogP contribution in [0.1, 0.15) is 11.6 Å². The second-order valence-corrected chi connectivity index (χ2v) is 5.39. The Morgan fingerprint density at radius 3 is 2.60 bits per heavy atom. The summed E-state index contributed by atoms with van der Waals surface area (Å²) in [5.41, 5.74) is 1.08. The maximum Gasteiger partial charge on any atom is 0.235 e. The van der Waals surface area contributed by atoms with Crippen molar-refractivity contribution in [2.45, 2.75) is 6.04 Å². The van der Waals surface area contributed by atoms with Crippen LogP contribution >= 0.6 is 0 Å². The van der Waals surface area contributed by atoms with Gasteiger partial charge in [0.25, 0.3) is 0 Å². The van der Waals surface area contributed by atoms with Crippen molar-refractivity contribution in [1.29, 1.82) is 0 Å². The van der Waals surface area contributed by atoms with Crippen LogP contribution in [0.5, 0.6) is 0 Å². The number of fused-ring (bicyclic) bond motifs is 1. The van der Waals surface area contributed by atoms with E-state index in [0.717, 1.165) is 5.56 Å². The smallest absolute Gasteiger partial charge is 0.235 e. The lowest BCUT2D eigenvalue weighted by Crippen LogP contribution is -2.36. The Morgan fingerprint density at radius 2 is 1.95 bits per heavy atom. The van der Waals surface area contributed by atoms with E-state index in [1.165, 1.54) is 4.90 Å². The van der Waals surface area contributed by atoms with Gasteiger partial charge in [0.15, 0.2) is 0 Å². The molecule has 0 radical (unpaired) electrons. The van der Waals surface area contributed by atoms with Crippen LogP contribution in [0, 0.1) is 24.2 Å². The molecule has 102 valence electrons. The van der Waals surface area contributed by atoms with E-state index >= 15 is 0 Å².